The lowest BCUT2D eigenvalue weighted by Crippen LogP contribution is -2.33. The normalized spacial score (nSPS) is 36.9. The van der Waals surface area contributed by atoms with Crippen molar-refractivity contribution < 1.29 is 37.8 Å². The van der Waals surface area contributed by atoms with E-state index in [4.69, 9.17) is 27.4 Å². The van der Waals surface area contributed by atoms with Gasteiger partial charge in [-0.25, -0.2) is 13.8 Å². The zero-order valence-electron chi connectivity index (χ0n) is 15.0. The van der Waals surface area contributed by atoms with E-state index in [-0.39, 0.29) is 12.2 Å². The van der Waals surface area contributed by atoms with Gasteiger partial charge in [0.05, 0.1) is 24.6 Å². The molecule has 0 saturated carbocycles. The number of aromatic nitrogens is 2. The number of rotatable bonds is 7. The molecular formula is C14H20BFN3O8PS. The molecule has 0 amide bonds. The van der Waals surface area contributed by atoms with Crippen molar-refractivity contribution in [2.75, 3.05) is 18.9 Å². The van der Waals surface area contributed by atoms with Gasteiger partial charge in [0.1, 0.15) is 31.2 Å². The molecule has 2 aliphatic rings. The number of ether oxygens (including phenoxy) is 1. The molecule has 0 aliphatic carbocycles. The fraction of sp³-hybridized carbons (Fsp3) is 0.714. The molecule has 2 radical (unpaired) electrons. The molecule has 3 heterocycles. The lowest BCUT2D eigenvalue weighted by Gasteiger charge is -2.21. The number of aliphatic hydroxyl groups excluding tert-OH is 2. The Bertz CT molecular complexity index is 836. The fourth-order valence-corrected chi connectivity index (χ4v) is 5.57. The molecule has 2 aliphatic heterocycles. The van der Waals surface area contributed by atoms with E-state index in [9.17, 15) is 28.9 Å². The molecule has 1 aromatic rings. The van der Waals surface area contributed by atoms with E-state index in [1.165, 1.54) is 12.3 Å². The topological polar surface area (TPSA) is 166 Å². The second-order valence-corrected chi connectivity index (χ2v) is 9.35. The van der Waals surface area contributed by atoms with Gasteiger partial charge < -0.3 is 25.6 Å². The Labute approximate surface area is 170 Å². The minimum atomic E-state index is -4.62. The number of alkyl halides is 1. The van der Waals surface area contributed by atoms with E-state index in [1.807, 2.05) is 0 Å². The summed E-state index contributed by atoms with van der Waals surface area (Å²) in [7, 11) is 0.948. The molecule has 11 nitrogen and oxygen atoms in total. The van der Waals surface area contributed by atoms with Crippen LogP contribution < -0.4 is 11.4 Å². The van der Waals surface area contributed by atoms with E-state index in [2.05, 4.69) is 4.98 Å². The largest absolute Gasteiger partial charge is 0.472 e. The van der Waals surface area contributed by atoms with Crippen LogP contribution in [0.4, 0.5) is 10.2 Å². The number of nitrogen functional groups attached to an aromatic ring is 1. The molecule has 15 heteroatoms. The number of nitrogens with two attached hydrogens (primary N) is 1. The molecule has 0 bridgehead atoms. The van der Waals surface area contributed by atoms with Crippen molar-refractivity contribution in [2.45, 2.75) is 47.5 Å². The molecule has 0 spiro atoms. The minimum absolute atomic E-state index is 0.0275. The van der Waals surface area contributed by atoms with Gasteiger partial charge in [-0.2, -0.15) is 4.98 Å². The Kier molecular flexibility index (Phi) is 7.06. The van der Waals surface area contributed by atoms with Gasteiger partial charge in [-0.05, 0) is 12.5 Å². The summed E-state index contributed by atoms with van der Waals surface area (Å²) in [4.78, 5) is 25.3. The molecule has 0 aromatic carbocycles. The maximum atomic E-state index is 14.5. The van der Waals surface area contributed by atoms with E-state index < -0.39 is 67.8 Å². The summed E-state index contributed by atoms with van der Waals surface area (Å²) in [6.45, 7) is -0.998. The van der Waals surface area contributed by atoms with Gasteiger partial charge in [-0.3, -0.25) is 13.6 Å². The van der Waals surface area contributed by atoms with Crippen LogP contribution in [-0.4, -0.2) is 81.5 Å². The first-order valence-corrected chi connectivity index (χ1v) is 11.0. The molecule has 8 atom stereocenters. The minimum Gasteiger partial charge on any atom is -0.394 e. The molecule has 1 unspecified atom stereocenters. The third kappa shape index (κ3) is 5.20. The first kappa shape index (κ1) is 22.7. The number of phosphoric ester groups is 1. The number of phosphoric acid groups is 1. The maximum Gasteiger partial charge on any atom is 0.472 e. The van der Waals surface area contributed by atoms with Gasteiger partial charge in [0.2, 0.25) is 0 Å². The van der Waals surface area contributed by atoms with Crippen molar-refractivity contribution in [2.24, 2.45) is 0 Å². The van der Waals surface area contributed by atoms with Gasteiger partial charge in [0.25, 0.3) is 0 Å². The summed E-state index contributed by atoms with van der Waals surface area (Å²) in [6.07, 6.45) is -3.94. The van der Waals surface area contributed by atoms with Crippen molar-refractivity contribution in [3.05, 3.63) is 22.7 Å². The summed E-state index contributed by atoms with van der Waals surface area (Å²) in [5.41, 5.74) is 4.62. The predicted molar refractivity (Wildman–Crippen MR) is 101 cm³/mol. The van der Waals surface area contributed by atoms with Crippen LogP contribution in [0.3, 0.4) is 0 Å². The van der Waals surface area contributed by atoms with Gasteiger partial charge in [-0.1, -0.05) is 0 Å². The Morgan fingerprint density at radius 3 is 2.93 bits per heavy atom. The number of thioether (sulfide) groups is 1. The van der Waals surface area contributed by atoms with Crippen LogP contribution in [0, 0.1) is 0 Å². The third-order valence-electron chi connectivity index (χ3n) is 4.50. The van der Waals surface area contributed by atoms with Gasteiger partial charge in [-0.15, -0.1) is 11.8 Å². The predicted octanol–water partition coefficient (Wildman–Crippen LogP) is -1.08. The summed E-state index contributed by atoms with van der Waals surface area (Å²) < 4.78 is 42.7. The van der Waals surface area contributed by atoms with Crippen LogP contribution in [0.2, 0.25) is 0 Å². The molecular weight excluding hydrogens is 431 g/mol. The van der Waals surface area contributed by atoms with Crippen molar-refractivity contribution in [3.8, 4) is 0 Å². The lowest BCUT2D eigenvalue weighted by molar-refractivity contribution is -0.00880. The highest BCUT2D eigenvalue weighted by Gasteiger charge is 2.46. The quantitative estimate of drug-likeness (QED) is 0.294. The van der Waals surface area contributed by atoms with Crippen LogP contribution in [0.15, 0.2) is 17.1 Å². The fourth-order valence-electron chi connectivity index (χ4n) is 3.07. The van der Waals surface area contributed by atoms with E-state index >= 15 is 0 Å². The molecule has 1 aromatic heterocycles. The van der Waals surface area contributed by atoms with Crippen molar-refractivity contribution in [1.82, 2.24) is 9.55 Å². The zero-order valence-corrected chi connectivity index (χ0v) is 16.7. The zero-order chi connectivity index (χ0) is 21.3. The summed E-state index contributed by atoms with van der Waals surface area (Å²) in [5, 5.41) is 17.2. The summed E-state index contributed by atoms with van der Waals surface area (Å²) in [6, 6.07) is 0.552. The standard InChI is InChI=1S/C14H20BFN3O8PS/c15-9-3-6(7(4-20)26-9)27-28(23,24)25-5-8-12(21)11(16)13(29-8)19-2-1-10(17)18-14(19)22/h1-2,6-9,11-13,20-21H,3-5H2,(H,23,24)(H2,17,18,22)/t6-,7+,8+,9+,11-,12+,13+/m0/s1. The second-order valence-electron chi connectivity index (χ2n) is 6.58. The van der Waals surface area contributed by atoms with Gasteiger partial charge in [0, 0.05) is 12.2 Å². The Balaban J connectivity index is 1.61. The van der Waals surface area contributed by atoms with Crippen LogP contribution in [0.25, 0.3) is 0 Å². The van der Waals surface area contributed by atoms with Crippen LogP contribution >= 0.6 is 19.6 Å². The monoisotopic (exact) mass is 451 g/mol. The number of anilines is 1. The number of nitrogens with zero attached hydrogens (tertiary/aromatic N) is 2. The number of hydrogen-bond donors (Lipinski definition) is 4. The van der Waals surface area contributed by atoms with Crippen LogP contribution in [-0.2, 0) is 18.3 Å². The van der Waals surface area contributed by atoms with Crippen molar-refractivity contribution in [3.63, 3.8) is 0 Å². The molecule has 5 N–H and O–H groups in total. The highest BCUT2D eigenvalue weighted by molar-refractivity contribution is 8.00. The summed E-state index contributed by atoms with van der Waals surface area (Å²) >= 11 is 0.849. The van der Waals surface area contributed by atoms with E-state index in [0.29, 0.717) is 0 Å². The van der Waals surface area contributed by atoms with Gasteiger partial charge >= 0.3 is 13.5 Å². The molecule has 2 saturated heterocycles. The van der Waals surface area contributed by atoms with Gasteiger partial charge in [0.15, 0.2) is 6.17 Å². The van der Waals surface area contributed by atoms with Crippen molar-refractivity contribution in [1.29, 1.82) is 0 Å². The average Bonchev–Trinajstić information content (AvgIpc) is 3.13. The number of halogens is 1. The highest BCUT2D eigenvalue weighted by atomic mass is 32.2. The van der Waals surface area contributed by atoms with Crippen molar-refractivity contribution >= 4 is 33.2 Å². The molecule has 160 valence electrons. The smallest absolute Gasteiger partial charge is 0.394 e. The number of aliphatic hydroxyl groups is 2. The Morgan fingerprint density at radius 2 is 2.28 bits per heavy atom. The SMILES string of the molecule is [B][C@H]1C[C@H](OP(=O)(O)OC[C@H]2S[C@@H](n3ccc(N)nc3=O)[C@@H](F)[C@@H]2O)[C@@H](CO)O1. The first-order valence-electron chi connectivity index (χ1n) is 8.61. The summed E-state index contributed by atoms with van der Waals surface area (Å²) in [5.74, 6) is -0.0275. The lowest BCUT2D eigenvalue weighted by atomic mass is 9.96. The van der Waals surface area contributed by atoms with E-state index in [0.717, 1.165) is 16.3 Å². The Hall–Kier alpha value is -0.985. The molecule has 3 rings (SSSR count). The second kappa shape index (κ2) is 9.02. The maximum absolute atomic E-state index is 14.5. The third-order valence-corrected chi connectivity index (χ3v) is 7.04. The molecule has 2 fully saturated rings. The van der Waals surface area contributed by atoms with Crippen LogP contribution in [0.1, 0.15) is 11.8 Å². The van der Waals surface area contributed by atoms with E-state index in [1.54, 1.807) is 0 Å². The van der Waals surface area contributed by atoms with Crippen LogP contribution in [0.5, 0.6) is 0 Å². The average molecular weight is 451 g/mol. The Morgan fingerprint density at radius 1 is 1.55 bits per heavy atom. The number of hydrogen-bond acceptors (Lipinski definition) is 10. The highest BCUT2D eigenvalue weighted by Crippen LogP contribution is 2.50. The first-order chi connectivity index (χ1) is 13.6. The molecule has 29 heavy (non-hydrogen) atoms.